The van der Waals surface area contributed by atoms with Gasteiger partial charge in [-0.25, -0.2) is 0 Å². The van der Waals surface area contributed by atoms with Crippen LogP contribution in [0.2, 0.25) is 0 Å². The minimum atomic E-state index is -0.0688. The Labute approximate surface area is 62.0 Å². The molecule has 0 heterocycles. The third-order valence-electron chi connectivity index (χ3n) is 1.23. The fraction of sp³-hybridized carbons (Fsp3) is 0.857. The summed E-state index contributed by atoms with van der Waals surface area (Å²) >= 11 is 0. The van der Waals surface area contributed by atoms with E-state index >= 15 is 0 Å². The van der Waals surface area contributed by atoms with E-state index < -0.39 is 0 Å². The highest BCUT2D eigenvalue weighted by atomic mass is 16.1. The minimum absolute atomic E-state index is 0.0688. The summed E-state index contributed by atoms with van der Waals surface area (Å²) in [6, 6.07) is 0. The van der Waals surface area contributed by atoms with Gasteiger partial charge in [-0.1, -0.05) is 13.8 Å². The van der Waals surface area contributed by atoms with Crippen molar-refractivity contribution in [3.8, 4) is 0 Å². The first-order chi connectivity index (χ1) is 4.66. The monoisotopic (exact) mass is 144 g/mol. The molecular formula is C7H16N2O. The molecule has 0 radical (unpaired) electrons. The van der Waals surface area contributed by atoms with Crippen LogP contribution in [0.15, 0.2) is 0 Å². The summed E-state index contributed by atoms with van der Waals surface area (Å²) in [6.07, 6.45) is 1.02. The Morgan fingerprint density at radius 2 is 2.20 bits per heavy atom. The molecule has 0 atom stereocenters. The van der Waals surface area contributed by atoms with Crippen molar-refractivity contribution in [2.45, 2.75) is 20.3 Å². The SMILES string of the molecule is CC(C)CCNC(=O)CN. The average molecular weight is 144 g/mol. The minimum Gasteiger partial charge on any atom is -0.355 e. The van der Waals surface area contributed by atoms with Crippen LogP contribution in [0.25, 0.3) is 0 Å². The Morgan fingerprint density at radius 3 is 2.60 bits per heavy atom. The standard InChI is InChI=1S/C7H16N2O/c1-6(2)3-4-9-7(10)5-8/h6H,3-5,8H2,1-2H3,(H,9,10). The zero-order valence-electron chi connectivity index (χ0n) is 6.68. The molecule has 0 saturated heterocycles. The van der Waals surface area contributed by atoms with Crippen molar-refractivity contribution >= 4 is 5.91 Å². The van der Waals surface area contributed by atoms with Crippen molar-refractivity contribution in [3.63, 3.8) is 0 Å². The molecule has 0 fully saturated rings. The van der Waals surface area contributed by atoms with Gasteiger partial charge < -0.3 is 11.1 Å². The lowest BCUT2D eigenvalue weighted by Gasteiger charge is -2.04. The number of nitrogens with one attached hydrogen (secondary N) is 1. The summed E-state index contributed by atoms with van der Waals surface area (Å²) < 4.78 is 0. The van der Waals surface area contributed by atoms with Crippen LogP contribution in [0.1, 0.15) is 20.3 Å². The van der Waals surface area contributed by atoms with E-state index in [1.807, 2.05) is 0 Å². The van der Waals surface area contributed by atoms with Gasteiger partial charge in [0.05, 0.1) is 6.54 Å². The summed E-state index contributed by atoms with van der Waals surface area (Å²) in [7, 11) is 0. The summed E-state index contributed by atoms with van der Waals surface area (Å²) in [6.45, 7) is 5.08. The van der Waals surface area contributed by atoms with Gasteiger partial charge >= 0.3 is 0 Å². The smallest absolute Gasteiger partial charge is 0.233 e. The molecule has 0 aromatic carbocycles. The molecule has 60 valence electrons. The van der Waals surface area contributed by atoms with Gasteiger partial charge in [-0.05, 0) is 12.3 Å². The summed E-state index contributed by atoms with van der Waals surface area (Å²) in [5.74, 6) is 0.568. The quantitative estimate of drug-likeness (QED) is 0.588. The first-order valence-electron chi connectivity index (χ1n) is 3.63. The molecule has 0 aromatic rings. The molecule has 0 unspecified atom stereocenters. The molecule has 0 aliphatic heterocycles. The average Bonchev–Trinajstić information content (AvgIpc) is 1.87. The number of carbonyl (C=O) groups excluding carboxylic acids is 1. The van der Waals surface area contributed by atoms with E-state index in [0.29, 0.717) is 5.92 Å². The summed E-state index contributed by atoms with van der Waals surface area (Å²) in [5, 5.41) is 2.70. The molecule has 0 aliphatic rings. The number of carbonyl (C=O) groups is 1. The molecule has 0 rings (SSSR count). The number of rotatable bonds is 4. The van der Waals surface area contributed by atoms with Gasteiger partial charge in [-0.2, -0.15) is 0 Å². The predicted molar refractivity (Wildman–Crippen MR) is 41.5 cm³/mol. The maximum absolute atomic E-state index is 10.6. The van der Waals surface area contributed by atoms with Crippen LogP contribution < -0.4 is 11.1 Å². The molecule has 0 bridgehead atoms. The second kappa shape index (κ2) is 5.23. The van der Waals surface area contributed by atoms with E-state index in [0.717, 1.165) is 13.0 Å². The van der Waals surface area contributed by atoms with Crippen LogP contribution in [-0.4, -0.2) is 19.0 Å². The molecule has 3 nitrogen and oxygen atoms in total. The zero-order chi connectivity index (χ0) is 7.98. The Hall–Kier alpha value is -0.570. The lowest BCUT2D eigenvalue weighted by molar-refractivity contribution is -0.119. The Morgan fingerprint density at radius 1 is 1.60 bits per heavy atom. The largest absolute Gasteiger partial charge is 0.355 e. The topological polar surface area (TPSA) is 55.1 Å². The molecule has 0 aromatic heterocycles. The van der Waals surface area contributed by atoms with Gasteiger partial charge in [0.15, 0.2) is 0 Å². The van der Waals surface area contributed by atoms with Crippen molar-refractivity contribution in [3.05, 3.63) is 0 Å². The van der Waals surface area contributed by atoms with E-state index in [4.69, 9.17) is 5.73 Å². The summed E-state index contributed by atoms with van der Waals surface area (Å²) in [4.78, 5) is 10.6. The summed E-state index contributed by atoms with van der Waals surface area (Å²) in [5.41, 5.74) is 5.08. The van der Waals surface area contributed by atoms with Crippen molar-refractivity contribution in [2.75, 3.05) is 13.1 Å². The molecular weight excluding hydrogens is 128 g/mol. The molecule has 0 saturated carbocycles. The zero-order valence-corrected chi connectivity index (χ0v) is 6.68. The van der Waals surface area contributed by atoms with Gasteiger partial charge in [0.2, 0.25) is 5.91 Å². The molecule has 3 N–H and O–H groups in total. The molecule has 1 amide bonds. The third-order valence-corrected chi connectivity index (χ3v) is 1.23. The van der Waals surface area contributed by atoms with Gasteiger partial charge in [0, 0.05) is 6.54 Å². The van der Waals surface area contributed by atoms with E-state index in [2.05, 4.69) is 19.2 Å². The van der Waals surface area contributed by atoms with Crippen LogP contribution in [0.5, 0.6) is 0 Å². The number of hydrogen-bond donors (Lipinski definition) is 2. The van der Waals surface area contributed by atoms with Gasteiger partial charge in [0.25, 0.3) is 0 Å². The fourth-order valence-electron chi connectivity index (χ4n) is 0.572. The van der Waals surface area contributed by atoms with Crippen molar-refractivity contribution < 1.29 is 4.79 Å². The highest BCUT2D eigenvalue weighted by Crippen LogP contribution is 1.95. The van der Waals surface area contributed by atoms with E-state index in [1.54, 1.807) is 0 Å². The van der Waals surface area contributed by atoms with Crippen LogP contribution >= 0.6 is 0 Å². The number of nitrogens with two attached hydrogens (primary N) is 1. The second-order valence-corrected chi connectivity index (χ2v) is 2.74. The highest BCUT2D eigenvalue weighted by molar-refractivity contribution is 5.77. The molecule has 0 spiro atoms. The Bertz CT molecular complexity index is 102. The van der Waals surface area contributed by atoms with Gasteiger partial charge in [-0.15, -0.1) is 0 Å². The van der Waals surface area contributed by atoms with E-state index in [1.165, 1.54) is 0 Å². The van der Waals surface area contributed by atoms with Crippen molar-refractivity contribution in [2.24, 2.45) is 11.7 Å². The molecule has 3 heteroatoms. The predicted octanol–water partition coefficient (Wildman–Crippen LogP) is 0.107. The fourth-order valence-corrected chi connectivity index (χ4v) is 0.572. The van der Waals surface area contributed by atoms with Crippen molar-refractivity contribution in [1.82, 2.24) is 5.32 Å². The number of amides is 1. The van der Waals surface area contributed by atoms with Crippen LogP contribution in [0.3, 0.4) is 0 Å². The Balaban J connectivity index is 3.12. The third kappa shape index (κ3) is 5.56. The van der Waals surface area contributed by atoms with Crippen LogP contribution in [0, 0.1) is 5.92 Å². The highest BCUT2D eigenvalue weighted by Gasteiger charge is 1.96. The van der Waals surface area contributed by atoms with Crippen molar-refractivity contribution in [1.29, 1.82) is 0 Å². The lowest BCUT2D eigenvalue weighted by Crippen LogP contribution is -2.31. The maximum atomic E-state index is 10.6. The van der Waals surface area contributed by atoms with Gasteiger partial charge in [-0.3, -0.25) is 4.79 Å². The van der Waals surface area contributed by atoms with Gasteiger partial charge in [0.1, 0.15) is 0 Å². The molecule has 0 aliphatic carbocycles. The maximum Gasteiger partial charge on any atom is 0.233 e. The number of hydrogen-bond acceptors (Lipinski definition) is 2. The first-order valence-corrected chi connectivity index (χ1v) is 3.63. The van der Waals surface area contributed by atoms with Crippen LogP contribution in [0.4, 0.5) is 0 Å². The van der Waals surface area contributed by atoms with E-state index in [9.17, 15) is 4.79 Å². The first kappa shape index (κ1) is 9.43. The normalized spacial score (nSPS) is 10.0. The Kier molecular flexibility index (Phi) is 4.94. The van der Waals surface area contributed by atoms with E-state index in [-0.39, 0.29) is 12.5 Å². The van der Waals surface area contributed by atoms with Crippen LogP contribution in [-0.2, 0) is 4.79 Å². The second-order valence-electron chi connectivity index (χ2n) is 2.74. The lowest BCUT2D eigenvalue weighted by atomic mass is 10.1. The molecule has 10 heavy (non-hydrogen) atoms.